The highest BCUT2D eigenvalue weighted by molar-refractivity contribution is 7.22. The number of anilines is 1. The van der Waals surface area contributed by atoms with Crippen molar-refractivity contribution in [1.82, 2.24) is 4.98 Å². The van der Waals surface area contributed by atoms with E-state index >= 15 is 0 Å². The summed E-state index contributed by atoms with van der Waals surface area (Å²) < 4.78 is 18.1. The van der Waals surface area contributed by atoms with E-state index in [0.29, 0.717) is 46.7 Å². The second kappa shape index (κ2) is 13.6. The summed E-state index contributed by atoms with van der Waals surface area (Å²) in [4.78, 5) is 33.5. The van der Waals surface area contributed by atoms with Crippen molar-refractivity contribution in [2.45, 2.75) is 39.2 Å². The van der Waals surface area contributed by atoms with E-state index in [1.54, 1.807) is 37.5 Å². The number of carbonyl (C=O) groups excluding carboxylic acids is 2. The van der Waals surface area contributed by atoms with E-state index in [1.165, 1.54) is 22.3 Å². The summed E-state index contributed by atoms with van der Waals surface area (Å²) >= 11 is 1.28. The molecule has 5 rings (SSSR count). The predicted octanol–water partition coefficient (Wildman–Crippen LogP) is 7.46. The summed E-state index contributed by atoms with van der Waals surface area (Å²) in [6.07, 6.45) is 6.09. The van der Waals surface area contributed by atoms with E-state index in [2.05, 4.69) is 6.92 Å². The third kappa shape index (κ3) is 6.41. The fourth-order valence-electron chi connectivity index (χ4n) is 4.93. The second-order valence-corrected chi connectivity index (χ2v) is 11.0. The SMILES string of the molecule is CCCCCOc1ccc(C2C(C(=O)/C=C/c3ccccc3)=C(O)C(=O)N2c2nc3ccc(OC)cc3s2)cc1OCC. The van der Waals surface area contributed by atoms with Crippen LogP contribution in [0.5, 0.6) is 17.2 Å². The zero-order valence-corrected chi connectivity index (χ0v) is 25.2. The number of methoxy groups -OCH3 is 1. The Morgan fingerprint density at radius 2 is 1.84 bits per heavy atom. The number of thiazole rings is 1. The topological polar surface area (TPSA) is 98.2 Å². The van der Waals surface area contributed by atoms with Gasteiger partial charge in [0.2, 0.25) is 0 Å². The van der Waals surface area contributed by atoms with Crippen LogP contribution in [0.3, 0.4) is 0 Å². The second-order valence-electron chi connectivity index (χ2n) is 9.97. The molecule has 0 radical (unpaired) electrons. The van der Waals surface area contributed by atoms with E-state index in [9.17, 15) is 14.7 Å². The van der Waals surface area contributed by atoms with Gasteiger partial charge in [0, 0.05) is 0 Å². The predicted molar refractivity (Wildman–Crippen MR) is 169 cm³/mol. The molecule has 1 amide bonds. The molecule has 1 aliphatic heterocycles. The number of carbonyl (C=O) groups is 2. The highest BCUT2D eigenvalue weighted by Crippen LogP contribution is 2.45. The highest BCUT2D eigenvalue weighted by atomic mass is 32.1. The van der Waals surface area contributed by atoms with E-state index in [-0.39, 0.29) is 5.57 Å². The van der Waals surface area contributed by atoms with Crippen molar-refractivity contribution in [3.05, 3.63) is 95.3 Å². The van der Waals surface area contributed by atoms with Gasteiger partial charge >= 0.3 is 0 Å². The summed E-state index contributed by atoms with van der Waals surface area (Å²) in [6.45, 7) is 4.96. The largest absolute Gasteiger partial charge is 0.503 e. The van der Waals surface area contributed by atoms with Crippen LogP contribution >= 0.6 is 11.3 Å². The van der Waals surface area contributed by atoms with E-state index < -0.39 is 23.5 Å². The van der Waals surface area contributed by atoms with Crippen LogP contribution < -0.4 is 19.1 Å². The van der Waals surface area contributed by atoms with Crippen LogP contribution in [-0.2, 0) is 9.59 Å². The normalized spacial score (nSPS) is 15.1. The molecule has 43 heavy (non-hydrogen) atoms. The number of amides is 1. The van der Waals surface area contributed by atoms with Gasteiger partial charge in [0.15, 0.2) is 28.2 Å². The zero-order valence-electron chi connectivity index (χ0n) is 24.4. The Morgan fingerprint density at radius 1 is 1.02 bits per heavy atom. The molecule has 0 bridgehead atoms. The smallest absolute Gasteiger partial charge is 0.296 e. The first-order chi connectivity index (χ1) is 20.9. The van der Waals surface area contributed by atoms with E-state index in [0.717, 1.165) is 29.5 Å². The van der Waals surface area contributed by atoms with Gasteiger partial charge in [-0.15, -0.1) is 0 Å². The molecule has 3 aromatic carbocycles. The molecule has 1 unspecified atom stereocenters. The minimum Gasteiger partial charge on any atom is -0.503 e. The fraction of sp³-hybridized carbons (Fsp3) is 0.265. The molecule has 4 aromatic rings. The van der Waals surface area contributed by atoms with Crippen molar-refractivity contribution >= 4 is 44.5 Å². The standard InChI is InChI=1S/C34H34N2O6S/c1-4-6-10-19-42-27-18-14-23(20-28(27)41-5-2)31-30(26(37)17-13-22-11-8-7-9-12-22)32(38)33(39)36(31)34-35-25-16-15-24(40-3)21-29(25)43-34/h7-9,11-18,20-21,31,38H,4-6,10,19H2,1-3H3/b17-13+. The van der Waals surface area contributed by atoms with E-state index in [4.69, 9.17) is 19.2 Å². The monoisotopic (exact) mass is 598 g/mol. The van der Waals surface area contributed by atoms with Crippen LogP contribution in [-0.4, -0.2) is 42.1 Å². The molecule has 0 fully saturated rings. The lowest BCUT2D eigenvalue weighted by Gasteiger charge is -2.25. The molecule has 0 saturated carbocycles. The number of aliphatic hydroxyl groups is 1. The zero-order chi connectivity index (χ0) is 30.3. The number of allylic oxidation sites excluding steroid dienone is 1. The maximum Gasteiger partial charge on any atom is 0.296 e. The van der Waals surface area contributed by atoms with Crippen LogP contribution in [0.4, 0.5) is 5.13 Å². The number of rotatable bonds is 13. The molecule has 1 aromatic heterocycles. The third-order valence-electron chi connectivity index (χ3n) is 7.08. The van der Waals surface area contributed by atoms with Crippen molar-refractivity contribution in [1.29, 1.82) is 0 Å². The van der Waals surface area contributed by atoms with Crippen LogP contribution in [0.2, 0.25) is 0 Å². The number of nitrogens with zero attached hydrogens (tertiary/aromatic N) is 2. The molecule has 1 atom stereocenters. The van der Waals surface area contributed by atoms with Gasteiger partial charge < -0.3 is 19.3 Å². The lowest BCUT2D eigenvalue weighted by atomic mass is 9.95. The Morgan fingerprint density at radius 3 is 2.58 bits per heavy atom. The van der Waals surface area contributed by atoms with Crippen molar-refractivity contribution in [2.24, 2.45) is 0 Å². The van der Waals surface area contributed by atoms with Gasteiger partial charge in [-0.1, -0.05) is 73.6 Å². The first kappa shape index (κ1) is 29.8. The average Bonchev–Trinajstić information content (AvgIpc) is 3.56. The Balaban J connectivity index is 1.58. The quantitative estimate of drug-likeness (QED) is 0.126. The van der Waals surface area contributed by atoms with Gasteiger partial charge in [-0.3, -0.25) is 14.5 Å². The number of aromatic nitrogens is 1. The van der Waals surface area contributed by atoms with E-state index in [1.807, 2.05) is 49.4 Å². The number of hydrogen-bond donors (Lipinski definition) is 1. The molecule has 8 nitrogen and oxygen atoms in total. The van der Waals surface area contributed by atoms with Gasteiger partial charge in [0.25, 0.3) is 5.91 Å². The van der Waals surface area contributed by atoms with Crippen molar-refractivity contribution in [3.63, 3.8) is 0 Å². The number of aliphatic hydroxyl groups excluding tert-OH is 1. The summed E-state index contributed by atoms with van der Waals surface area (Å²) in [6, 6.07) is 19.2. The molecule has 1 N–H and O–H groups in total. The minimum atomic E-state index is -0.948. The van der Waals surface area contributed by atoms with Crippen LogP contribution in [0.25, 0.3) is 16.3 Å². The number of unbranched alkanes of at least 4 members (excludes halogenated alkanes) is 2. The maximum absolute atomic E-state index is 13.7. The molecular formula is C34H34N2O6S. The number of hydrogen-bond acceptors (Lipinski definition) is 8. The maximum atomic E-state index is 13.7. The number of fused-ring (bicyclic) bond motifs is 1. The lowest BCUT2D eigenvalue weighted by Crippen LogP contribution is -2.30. The Labute approximate surface area is 254 Å². The number of ether oxygens (including phenoxy) is 3. The van der Waals surface area contributed by atoms with Gasteiger partial charge in [-0.05, 0) is 60.9 Å². The molecule has 2 heterocycles. The lowest BCUT2D eigenvalue weighted by molar-refractivity contribution is -0.117. The van der Waals surface area contributed by atoms with Crippen molar-refractivity contribution in [3.8, 4) is 17.2 Å². The van der Waals surface area contributed by atoms with Crippen molar-refractivity contribution in [2.75, 3.05) is 25.2 Å². The van der Waals surface area contributed by atoms with Gasteiger partial charge in [0.05, 0.1) is 42.2 Å². The van der Waals surface area contributed by atoms with Crippen LogP contribution in [0.1, 0.15) is 50.3 Å². The van der Waals surface area contributed by atoms with Gasteiger partial charge in [-0.25, -0.2) is 4.98 Å². The minimum absolute atomic E-state index is 0.0342. The summed E-state index contributed by atoms with van der Waals surface area (Å²) in [7, 11) is 1.58. The Bertz CT molecular complexity index is 1680. The summed E-state index contributed by atoms with van der Waals surface area (Å²) in [5.74, 6) is -0.0630. The van der Waals surface area contributed by atoms with Crippen LogP contribution in [0.15, 0.2) is 84.1 Å². The molecule has 9 heteroatoms. The Hall–Kier alpha value is -4.63. The third-order valence-corrected chi connectivity index (χ3v) is 8.10. The summed E-state index contributed by atoms with van der Waals surface area (Å²) in [5.41, 5.74) is 2.03. The molecule has 0 aliphatic carbocycles. The van der Waals surface area contributed by atoms with Crippen LogP contribution in [0, 0.1) is 0 Å². The molecule has 0 saturated heterocycles. The molecule has 0 spiro atoms. The number of ketones is 1. The molecular weight excluding hydrogens is 564 g/mol. The molecule has 222 valence electrons. The molecule has 1 aliphatic rings. The summed E-state index contributed by atoms with van der Waals surface area (Å²) in [5, 5.41) is 11.5. The highest BCUT2D eigenvalue weighted by Gasteiger charge is 2.45. The van der Waals surface area contributed by atoms with Gasteiger partial charge in [0.1, 0.15) is 5.75 Å². The first-order valence-electron chi connectivity index (χ1n) is 14.3. The first-order valence-corrected chi connectivity index (χ1v) is 15.1. The average molecular weight is 599 g/mol. The van der Waals surface area contributed by atoms with Gasteiger partial charge in [-0.2, -0.15) is 0 Å². The number of benzene rings is 3. The fourth-order valence-corrected chi connectivity index (χ4v) is 5.96. The Kier molecular flexibility index (Phi) is 9.41. The van der Waals surface area contributed by atoms with Crippen molar-refractivity contribution < 1.29 is 28.9 Å².